The average molecular weight is 496 g/mol. The van der Waals surface area contributed by atoms with E-state index in [1.165, 1.54) is 0 Å². The third kappa shape index (κ3) is 4.50. The number of aliphatic carboxylic acids is 1. The maximum Gasteiger partial charge on any atom is 0.341 e. The maximum absolute atomic E-state index is 13.3. The second-order valence-corrected chi connectivity index (χ2v) is 10.3. The number of nitrogens with one attached hydrogen (secondary N) is 1. The molecular weight excluding hydrogens is 470 g/mol. The summed E-state index contributed by atoms with van der Waals surface area (Å²) >= 11 is 0. The van der Waals surface area contributed by atoms with Crippen LogP contribution in [0.3, 0.4) is 0 Å². The number of carboxylic acids is 1. The zero-order valence-electron chi connectivity index (χ0n) is 19.0. The molecule has 9 heteroatoms. The van der Waals surface area contributed by atoms with Crippen LogP contribution in [0.25, 0.3) is 11.1 Å². The van der Waals surface area contributed by atoms with Crippen LogP contribution in [0.4, 0.5) is 0 Å². The summed E-state index contributed by atoms with van der Waals surface area (Å²) in [6, 6.07) is 21.2. The lowest BCUT2D eigenvalue weighted by Crippen LogP contribution is -2.44. The van der Waals surface area contributed by atoms with Gasteiger partial charge in [0.25, 0.3) is 0 Å². The molecule has 2 N–H and O–H groups in total. The first-order valence-corrected chi connectivity index (χ1v) is 12.7. The average Bonchev–Trinajstić information content (AvgIpc) is 3.39. The first-order chi connectivity index (χ1) is 16.9. The Morgan fingerprint density at radius 2 is 1.74 bits per heavy atom. The predicted molar refractivity (Wildman–Crippen MR) is 128 cm³/mol. The third-order valence-electron chi connectivity index (χ3n) is 6.51. The number of benzene rings is 3. The Kier molecular flexibility index (Phi) is 6.22. The molecule has 0 amide bonds. The highest BCUT2D eigenvalue weighted by Gasteiger charge is 2.52. The van der Waals surface area contributed by atoms with Crippen molar-refractivity contribution in [3.8, 4) is 22.6 Å². The van der Waals surface area contributed by atoms with Gasteiger partial charge in [0.05, 0.1) is 17.0 Å². The van der Waals surface area contributed by atoms with Crippen LogP contribution in [0.5, 0.6) is 11.5 Å². The van der Waals surface area contributed by atoms with Crippen LogP contribution in [0.15, 0.2) is 77.7 Å². The van der Waals surface area contributed by atoms with Crippen molar-refractivity contribution in [2.45, 2.75) is 35.5 Å². The highest BCUT2D eigenvalue weighted by atomic mass is 32.2. The Labute approximate surface area is 203 Å². The monoisotopic (exact) mass is 495 g/mol. The van der Waals surface area contributed by atoms with Crippen molar-refractivity contribution in [1.82, 2.24) is 4.72 Å². The lowest BCUT2D eigenvalue weighted by molar-refractivity contribution is -0.139. The van der Waals surface area contributed by atoms with Crippen LogP contribution in [0.1, 0.15) is 17.9 Å². The molecule has 0 aromatic heterocycles. The minimum atomic E-state index is -3.85. The molecule has 0 bridgehead atoms. The molecule has 1 fully saturated rings. The van der Waals surface area contributed by atoms with E-state index < -0.39 is 28.6 Å². The van der Waals surface area contributed by atoms with Gasteiger partial charge in [-0.3, -0.25) is 0 Å². The fraction of sp³-hybridized carbons (Fsp3) is 0.269. The van der Waals surface area contributed by atoms with Gasteiger partial charge in [-0.1, -0.05) is 54.6 Å². The molecule has 3 aromatic rings. The summed E-state index contributed by atoms with van der Waals surface area (Å²) in [7, 11) is -2.30. The largest absolute Gasteiger partial charge is 0.485 e. The van der Waals surface area contributed by atoms with E-state index >= 15 is 0 Å². The van der Waals surface area contributed by atoms with Gasteiger partial charge >= 0.3 is 5.97 Å². The number of carbonyl (C=O) groups is 1. The van der Waals surface area contributed by atoms with E-state index in [1.807, 2.05) is 36.4 Å². The topological polar surface area (TPSA) is 111 Å². The predicted octanol–water partition coefficient (Wildman–Crippen LogP) is 3.43. The quantitative estimate of drug-likeness (QED) is 0.493. The summed E-state index contributed by atoms with van der Waals surface area (Å²) in [6.45, 7) is -0.495. The van der Waals surface area contributed by atoms with Crippen molar-refractivity contribution in [2.24, 2.45) is 0 Å². The zero-order chi connectivity index (χ0) is 24.6. The van der Waals surface area contributed by atoms with E-state index in [0.717, 1.165) is 16.7 Å². The number of methoxy groups -OCH3 is 1. The first-order valence-electron chi connectivity index (χ1n) is 11.2. The number of sulfonamides is 1. The van der Waals surface area contributed by atoms with Crippen molar-refractivity contribution in [3.63, 3.8) is 0 Å². The van der Waals surface area contributed by atoms with Gasteiger partial charge in [0.2, 0.25) is 10.0 Å². The van der Waals surface area contributed by atoms with Crippen LogP contribution < -0.4 is 14.2 Å². The van der Waals surface area contributed by atoms with Crippen LogP contribution in [-0.4, -0.2) is 51.5 Å². The molecule has 8 nitrogen and oxygen atoms in total. The van der Waals surface area contributed by atoms with Crippen molar-refractivity contribution in [2.75, 3.05) is 13.7 Å². The summed E-state index contributed by atoms with van der Waals surface area (Å²) in [4.78, 5) is 11.1. The summed E-state index contributed by atoms with van der Waals surface area (Å²) in [5.41, 5.74) is 2.69. The lowest BCUT2D eigenvalue weighted by atomic mass is 9.94. The number of para-hydroxylation sites is 1. The van der Waals surface area contributed by atoms with Gasteiger partial charge < -0.3 is 19.3 Å². The van der Waals surface area contributed by atoms with Gasteiger partial charge in [0.15, 0.2) is 18.1 Å². The summed E-state index contributed by atoms with van der Waals surface area (Å²) in [6.07, 6.45) is -0.230. The molecule has 4 unspecified atom stereocenters. The van der Waals surface area contributed by atoms with Gasteiger partial charge in [-0.05, 0) is 29.3 Å². The summed E-state index contributed by atoms with van der Waals surface area (Å²) in [5.74, 6) is -0.619. The summed E-state index contributed by atoms with van der Waals surface area (Å²) < 4.78 is 46.7. The standard InChI is InChI=1S/C26H25NO7S/c1-32-22-14-21-24(19-8-5-9-20(26(19)34-21)33-15-23(28)29)25(22)27-35(30,31)18-12-10-17(11-13-18)16-6-3-2-4-7-16/h2-13,21-22,24-25,27H,14-15H2,1H3,(H,28,29). The number of hydrogen-bond acceptors (Lipinski definition) is 6. The fourth-order valence-corrected chi connectivity index (χ4v) is 6.21. The van der Waals surface area contributed by atoms with Gasteiger partial charge in [0.1, 0.15) is 6.10 Å². The molecule has 182 valence electrons. The van der Waals surface area contributed by atoms with Gasteiger partial charge in [-0.2, -0.15) is 0 Å². The smallest absolute Gasteiger partial charge is 0.341 e. The van der Waals surface area contributed by atoms with Crippen molar-refractivity contribution < 1.29 is 32.5 Å². The lowest BCUT2D eigenvalue weighted by Gasteiger charge is -2.24. The third-order valence-corrected chi connectivity index (χ3v) is 7.98. The van der Waals surface area contributed by atoms with Gasteiger partial charge in [0, 0.05) is 25.0 Å². The Balaban J connectivity index is 1.41. The van der Waals surface area contributed by atoms with E-state index in [9.17, 15) is 13.2 Å². The molecule has 1 saturated carbocycles. The van der Waals surface area contributed by atoms with Crippen LogP contribution >= 0.6 is 0 Å². The molecule has 0 saturated heterocycles. The van der Waals surface area contributed by atoms with Crippen LogP contribution in [-0.2, 0) is 19.6 Å². The van der Waals surface area contributed by atoms with Gasteiger partial charge in [-0.15, -0.1) is 0 Å². The second-order valence-electron chi connectivity index (χ2n) is 8.59. The maximum atomic E-state index is 13.3. The Morgan fingerprint density at radius 1 is 1.03 bits per heavy atom. The summed E-state index contributed by atoms with van der Waals surface area (Å²) in [5, 5.41) is 8.95. The fourth-order valence-electron chi connectivity index (χ4n) is 4.92. The molecule has 3 aromatic carbocycles. The Morgan fingerprint density at radius 3 is 2.43 bits per heavy atom. The Bertz CT molecular complexity index is 1330. The molecular formula is C26H25NO7S. The molecule has 2 aliphatic rings. The van der Waals surface area contributed by atoms with Gasteiger partial charge in [-0.25, -0.2) is 17.9 Å². The zero-order valence-corrected chi connectivity index (χ0v) is 19.8. The van der Waals surface area contributed by atoms with E-state index in [1.54, 1.807) is 43.5 Å². The normalized spacial score (nSPS) is 22.8. The SMILES string of the molecule is COC1CC2Oc3c(OCC(=O)O)cccc3C2C1NS(=O)(=O)c1ccc(-c2ccccc2)cc1. The molecule has 0 spiro atoms. The molecule has 0 radical (unpaired) electrons. The highest BCUT2D eigenvalue weighted by molar-refractivity contribution is 7.89. The molecule has 5 rings (SSSR count). The van der Waals surface area contributed by atoms with E-state index in [0.29, 0.717) is 17.9 Å². The molecule has 35 heavy (non-hydrogen) atoms. The van der Waals surface area contributed by atoms with Crippen molar-refractivity contribution >= 4 is 16.0 Å². The molecule has 1 aliphatic heterocycles. The molecule has 4 atom stereocenters. The van der Waals surface area contributed by atoms with Crippen molar-refractivity contribution in [1.29, 1.82) is 0 Å². The van der Waals surface area contributed by atoms with Crippen LogP contribution in [0.2, 0.25) is 0 Å². The van der Waals surface area contributed by atoms with E-state index in [-0.39, 0.29) is 23.0 Å². The number of ether oxygens (including phenoxy) is 3. The minimum Gasteiger partial charge on any atom is -0.485 e. The number of fused-ring (bicyclic) bond motifs is 3. The second kappa shape index (κ2) is 9.33. The minimum absolute atomic E-state index is 0.160. The molecule has 1 heterocycles. The number of rotatable bonds is 8. The first kappa shape index (κ1) is 23.3. The van der Waals surface area contributed by atoms with Crippen LogP contribution in [0, 0.1) is 0 Å². The number of hydrogen-bond donors (Lipinski definition) is 2. The van der Waals surface area contributed by atoms with Crippen molar-refractivity contribution in [3.05, 3.63) is 78.4 Å². The number of carboxylic acid groups (broad SMARTS) is 1. The van der Waals surface area contributed by atoms with E-state index in [4.69, 9.17) is 19.3 Å². The van der Waals surface area contributed by atoms with E-state index in [2.05, 4.69) is 4.72 Å². The molecule has 1 aliphatic carbocycles. The highest BCUT2D eigenvalue weighted by Crippen LogP contribution is 2.51. The Hall–Kier alpha value is -3.40.